The predicted octanol–water partition coefficient (Wildman–Crippen LogP) is 4.54. The molecule has 2 nitrogen and oxygen atoms in total. The van der Waals surface area contributed by atoms with Crippen LogP contribution < -0.4 is 0 Å². The third-order valence-corrected chi connectivity index (χ3v) is 5.00. The first-order valence-electron chi connectivity index (χ1n) is 8.04. The van der Waals surface area contributed by atoms with Crippen molar-refractivity contribution in [3.8, 4) is 0 Å². The van der Waals surface area contributed by atoms with Gasteiger partial charge in [-0.25, -0.2) is 0 Å². The molecule has 0 aromatic heterocycles. The number of rotatable bonds is 5. The number of hydrogen-bond donors (Lipinski definition) is 1. The molecule has 3 atom stereocenters. The van der Waals surface area contributed by atoms with Crippen LogP contribution in [0.4, 0.5) is 0 Å². The molecule has 1 aromatic carbocycles. The molecule has 1 fully saturated rings. The number of hydrogen-bond acceptors (Lipinski definition) is 2. The van der Waals surface area contributed by atoms with E-state index in [4.69, 9.17) is 16.3 Å². The maximum absolute atomic E-state index is 10.8. The van der Waals surface area contributed by atoms with E-state index in [1.54, 1.807) is 0 Å². The first kappa shape index (κ1) is 16.8. The fourth-order valence-electron chi connectivity index (χ4n) is 3.57. The van der Waals surface area contributed by atoms with Crippen LogP contribution in [0.3, 0.4) is 0 Å². The van der Waals surface area contributed by atoms with Crippen LogP contribution in [0.5, 0.6) is 0 Å². The summed E-state index contributed by atoms with van der Waals surface area (Å²) in [5.41, 5.74) is 1.75. The largest absolute Gasteiger partial charge is 0.390 e. The fraction of sp³-hybridized carbons (Fsp3) is 0.667. The van der Waals surface area contributed by atoms with Crippen molar-refractivity contribution in [2.24, 2.45) is 5.92 Å². The van der Waals surface area contributed by atoms with E-state index in [-0.39, 0.29) is 0 Å². The van der Waals surface area contributed by atoms with E-state index in [1.807, 2.05) is 32.0 Å². The van der Waals surface area contributed by atoms with Crippen molar-refractivity contribution in [3.05, 3.63) is 34.3 Å². The van der Waals surface area contributed by atoms with Crippen molar-refractivity contribution < 1.29 is 9.84 Å². The summed E-state index contributed by atoms with van der Waals surface area (Å²) in [5, 5.41) is 11.6. The normalized spacial score (nSPS) is 27.6. The molecule has 0 spiro atoms. The monoisotopic (exact) mass is 310 g/mol. The number of aryl methyl sites for hydroxylation is 1. The molecule has 3 unspecified atom stereocenters. The lowest BCUT2D eigenvalue weighted by Crippen LogP contribution is -2.49. The maximum Gasteiger partial charge on any atom is 0.0945 e. The van der Waals surface area contributed by atoms with E-state index >= 15 is 0 Å². The lowest BCUT2D eigenvalue weighted by molar-refractivity contribution is -0.146. The van der Waals surface area contributed by atoms with Gasteiger partial charge in [-0.2, -0.15) is 0 Å². The average Bonchev–Trinajstić information content (AvgIpc) is 2.42. The summed E-state index contributed by atoms with van der Waals surface area (Å²) in [4.78, 5) is 0. The molecule has 1 saturated carbocycles. The number of aliphatic hydroxyl groups excluding tert-OH is 1. The Morgan fingerprint density at radius 2 is 2.24 bits per heavy atom. The second kappa shape index (κ2) is 7.13. The summed E-state index contributed by atoms with van der Waals surface area (Å²) >= 11 is 6.31. The molecule has 3 heteroatoms. The number of aliphatic hydroxyl groups is 1. The Morgan fingerprint density at radius 1 is 1.48 bits per heavy atom. The molecule has 0 bridgehead atoms. The number of ether oxygens (including phenoxy) is 1. The molecule has 1 aromatic rings. The first-order valence-corrected chi connectivity index (χ1v) is 8.41. The lowest BCUT2D eigenvalue weighted by Gasteiger charge is -2.43. The van der Waals surface area contributed by atoms with Crippen LogP contribution in [0.15, 0.2) is 18.2 Å². The van der Waals surface area contributed by atoms with Crippen LogP contribution in [0.2, 0.25) is 5.02 Å². The SMILES string of the molecule is CCOC1(C(O)Cc2ccc(C)cc2Cl)CCCC(C)C1. The zero-order valence-corrected chi connectivity index (χ0v) is 14.1. The lowest BCUT2D eigenvalue weighted by atomic mass is 9.74. The van der Waals surface area contributed by atoms with Gasteiger partial charge in [-0.1, -0.05) is 43.5 Å². The minimum Gasteiger partial charge on any atom is -0.390 e. The Bertz CT molecular complexity index is 470. The molecule has 0 amide bonds. The molecule has 2 rings (SSSR count). The molecule has 0 aliphatic heterocycles. The minimum atomic E-state index is -0.500. The maximum atomic E-state index is 10.8. The van der Waals surface area contributed by atoms with Crippen molar-refractivity contribution >= 4 is 11.6 Å². The summed E-state index contributed by atoms with van der Waals surface area (Å²) in [6.45, 7) is 6.92. The highest BCUT2D eigenvalue weighted by Crippen LogP contribution is 2.39. The smallest absolute Gasteiger partial charge is 0.0945 e. The summed E-state index contributed by atoms with van der Waals surface area (Å²) in [7, 11) is 0. The van der Waals surface area contributed by atoms with Crippen LogP contribution in [0.1, 0.15) is 50.7 Å². The second-order valence-electron chi connectivity index (χ2n) is 6.51. The second-order valence-corrected chi connectivity index (χ2v) is 6.92. The molecule has 1 N–H and O–H groups in total. The van der Waals surface area contributed by atoms with Crippen LogP contribution in [0.25, 0.3) is 0 Å². The Kier molecular flexibility index (Phi) is 5.70. The number of benzene rings is 1. The van der Waals surface area contributed by atoms with Gasteiger partial charge in [-0.15, -0.1) is 0 Å². The third-order valence-electron chi connectivity index (χ3n) is 4.65. The zero-order chi connectivity index (χ0) is 15.5. The highest BCUT2D eigenvalue weighted by atomic mass is 35.5. The summed E-state index contributed by atoms with van der Waals surface area (Å²) in [6.07, 6.45) is 4.29. The number of halogens is 1. The topological polar surface area (TPSA) is 29.5 Å². The Hall–Kier alpha value is -0.570. The quantitative estimate of drug-likeness (QED) is 0.865. The van der Waals surface area contributed by atoms with Gasteiger partial charge in [-0.05, 0) is 49.8 Å². The molecule has 0 radical (unpaired) electrons. The molecule has 0 heterocycles. The van der Waals surface area contributed by atoms with Crippen LogP contribution >= 0.6 is 11.6 Å². The van der Waals surface area contributed by atoms with E-state index in [2.05, 4.69) is 6.92 Å². The van der Waals surface area contributed by atoms with E-state index < -0.39 is 11.7 Å². The van der Waals surface area contributed by atoms with Gasteiger partial charge in [0.15, 0.2) is 0 Å². The average molecular weight is 311 g/mol. The van der Waals surface area contributed by atoms with Crippen molar-refractivity contribution in [3.63, 3.8) is 0 Å². The molecule has 0 saturated heterocycles. The summed E-state index contributed by atoms with van der Waals surface area (Å²) in [5.74, 6) is 0.605. The Morgan fingerprint density at radius 3 is 2.86 bits per heavy atom. The Balaban J connectivity index is 2.16. The van der Waals surface area contributed by atoms with Crippen LogP contribution in [0, 0.1) is 12.8 Å². The molecule has 1 aliphatic rings. The van der Waals surface area contributed by atoms with Crippen molar-refractivity contribution in [1.82, 2.24) is 0 Å². The van der Waals surface area contributed by atoms with Gasteiger partial charge in [0.25, 0.3) is 0 Å². The highest BCUT2D eigenvalue weighted by Gasteiger charge is 2.42. The van der Waals surface area contributed by atoms with Gasteiger partial charge in [0.1, 0.15) is 0 Å². The van der Waals surface area contributed by atoms with E-state index in [0.29, 0.717) is 18.9 Å². The van der Waals surface area contributed by atoms with Gasteiger partial charge in [0.2, 0.25) is 0 Å². The Labute approximate surface area is 133 Å². The third kappa shape index (κ3) is 4.00. The van der Waals surface area contributed by atoms with E-state index in [0.717, 1.165) is 35.4 Å². The minimum absolute atomic E-state index is 0.402. The summed E-state index contributed by atoms with van der Waals surface area (Å²) < 4.78 is 6.05. The summed E-state index contributed by atoms with van der Waals surface area (Å²) in [6, 6.07) is 6.03. The molecule has 21 heavy (non-hydrogen) atoms. The van der Waals surface area contributed by atoms with Crippen molar-refractivity contribution in [1.29, 1.82) is 0 Å². The predicted molar refractivity (Wildman–Crippen MR) is 87.9 cm³/mol. The van der Waals surface area contributed by atoms with E-state index in [1.165, 1.54) is 6.42 Å². The van der Waals surface area contributed by atoms with Crippen LogP contribution in [-0.4, -0.2) is 23.4 Å². The van der Waals surface area contributed by atoms with Gasteiger partial charge < -0.3 is 9.84 Å². The van der Waals surface area contributed by atoms with Crippen molar-refractivity contribution in [2.75, 3.05) is 6.61 Å². The van der Waals surface area contributed by atoms with Gasteiger partial charge in [0.05, 0.1) is 11.7 Å². The molecule has 1 aliphatic carbocycles. The van der Waals surface area contributed by atoms with E-state index in [9.17, 15) is 5.11 Å². The molecule has 118 valence electrons. The van der Waals surface area contributed by atoms with Gasteiger partial charge >= 0.3 is 0 Å². The standard InChI is InChI=1S/C18H27ClO2/c1-4-21-18(9-5-6-14(3)12-18)17(20)11-15-8-7-13(2)10-16(15)19/h7-8,10,14,17,20H,4-6,9,11-12H2,1-3H3. The fourth-order valence-corrected chi connectivity index (χ4v) is 3.89. The van der Waals surface area contributed by atoms with Crippen LogP contribution in [-0.2, 0) is 11.2 Å². The zero-order valence-electron chi connectivity index (χ0n) is 13.4. The van der Waals surface area contributed by atoms with Gasteiger partial charge in [0, 0.05) is 18.1 Å². The molecular weight excluding hydrogens is 284 g/mol. The van der Waals surface area contributed by atoms with Crippen molar-refractivity contribution in [2.45, 2.75) is 64.6 Å². The molecular formula is C18H27ClO2. The first-order chi connectivity index (χ1) is 9.97. The van der Waals surface area contributed by atoms with Gasteiger partial charge in [-0.3, -0.25) is 0 Å². The highest BCUT2D eigenvalue weighted by molar-refractivity contribution is 6.31.